The summed E-state index contributed by atoms with van der Waals surface area (Å²) >= 11 is 1.35. The van der Waals surface area contributed by atoms with Gasteiger partial charge in [-0.2, -0.15) is 0 Å². The molecular weight excluding hydrogens is 214 g/mol. The number of fused-ring (bicyclic) bond motifs is 1. The van der Waals surface area contributed by atoms with Gasteiger partial charge in [0, 0.05) is 5.56 Å². The second kappa shape index (κ2) is 3.09. The molecule has 0 saturated heterocycles. The van der Waals surface area contributed by atoms with Gasteiger partial charge in [-0.1, -0.05) is 11.3 Å². The predicted molar refractivity (Wildman–Crippen MR) is 55.9 cm³/mol. The number of ether oxygens (including phenoxy) is 2. The van der Waals surface area contributed by atoms with Crippen molar-refractivity contribution in [3.63, 3.8) is 0 Å². The number of hydrogen-bond donors (Lipinski definition) is 1. The van der Waals surface area contributed by atoms with Crippen molar-refractivity contribution in [1.82, 2.24) is 10.2 Å². The molecule has 3 rings (SSSR count). The van der Waals surface area contributed by atoms with Gasteiger partial charge in [0.15, 0.2) is 11.5 Å². The average Bonchev–Trinajstić information content (AvgIpc) is 2.84. The standard InChI is InChI=1S/C9H7N3O2S/c10-9-12-11-8(15-9)5-1-2-6-7(3-5)14-4-13-6/h1-3H,4H2,(H2,10,12). The minimum absolute atomic E-state index is 0.275. The van der Waals surface area contributed by atoms with Crippen LogP contribution in [-0.4, -0.2) is 17.0 Å². The van der Waals surface area contributed by atoms with Crippen LogP contribution in [0.2, 0.25) is 0 Å². The van der Waals surface area contributed by atoms with Crippen molar-refractivity contribution in [3.05, 3.63) is 18.2 Å². The van der Waals surface area contributed by atoms with E-state index in [0.717, 1.165) is 22.1 Å². The van der Waals surface area contributed by atoms with Crippen molar-refractivity contribution in [2.24, 2.45) is 0 Å². The Balaban J connectivity index is 2.06. The minimum atomic E-state index is 0.275. The molecule has 15 heavy (non-hydrogen) atoms. The number of hydrogen-bond acceptors (Lipinski definition) is 6. The van der Waals surface area contributed by atoms with Crippen molar-refractivity contribution in [3.8, 4) is 22.1 Å². The predicted octanol–water partition coefficient (Wildman–Crippen LogP) is 1.52. The molecule has 6 heteroatoms. The molecule has 2 heterocycles. The molecule has 0 aliphatic carbocycles. The first kappa shape index (κ1) is 8.49. The first-order valence-electron chi connectivity index (χ1n) is 4.32. The van der Waals surface area contributed by atoms with E-state index in [0.29, 0.717) is 5.13 Å². The fourth-order valence-corrected chi connectivity index (χ4v) is 1.99. The lowest BCUT2D eigenvalue weighted by atomic mass is 10.2. The smallest absolute Gasteiger partial charge is 0.231 e. The zero-order valence-electron chi connectivity index (χ0n) is 7.64. The zero-order valence-corrected chi connectivity index (χ0v) is 8.45. The molecule has 0 bridgehead atoms. The Hall–Kier alpha value is -1.82. The van der Waals surface area contributed by atoms with Crippen LogP contribution < -0.4 is 15.2 Å². The maximum atomic E-state index is 5.52. The van der Waals surface area contributed by atoms with Crippen LogP contribution in [0.4, 0.5) is 5.13 Å². The Morgan fingerprint density at radius 2 is 2.07 bits per heavy atom. The third-order valence-corrected chi connectivity index (χ3v) is 2.86. The average molecular weight is 221 g/mol. The van der Waals surface area contributed by atoms with E-state index >= 15 is 0 Å². The summed E-state index contributed by atoms with van der Waals surface area (Å²) in [6, 6.07) is 5.64. The van der Waals surface area contributed by atoms with Crippen LogP contribution in [0.3, 0.4) is 0 Å². The molecule has 76 valence electrons. The molecule has 0 radical (unpaired) electrons. The molecule has 0 unspecified atom stereocenters. The molecule has 2 aromatic rings. The Labute approximate surface area is 89.5 Å². The minimum Gasteiger partial charge on any atom is -0.454 e. The van der Waals surface area contributed by atoms with Crippen molar-refractivity contribution in [2.45, 2.75) is 0 Å². The highest BCUT2D eigenvalue weighted by Gasteiger charge is 2.15. The summed E-state index contributed by atoms with van der Waals surface area (Å²) in [5.41, 5.74) is 6.46. The number of nitrogen functional groups attached to an aromatic ring is 1. The van der Waals surface area contributed by atoms with Gasteiger partial charge in [-0.15, -0.1) is 10.2 Å². The quantitative estimate of drug-likeness (QED) is 0.790. The largest absolute Gasteiger partial charge is 0.454 e. The maximum Gasteiger partial charge on any atom is 0.231 e. The number of nitrogens with zero attached hydrogens (tertiary/aromatic N) is 2. The van der Waals surface area contributed by atoms with Gasteiger partial charge in [0.25, 0.3) is 0 Å². The van der Waals surface area contributed by atoms with Gasteiger partial charge in [0.1, 0.15) is 5.01 Å². The maximum absolute atomic E-state index is 5.52. The molecule has 1 aromatic heterocycles. The fraction of sp³-hybridized carbons (Fsp3) is 0.111. The van der Waals surface area contributed by atoms with E-state index in [4.69, 9.17) is 15.2 Å². The third kappa shape index (κ3) is 1.39. The molecule has 1 aromatic carbocycles. The molecule has 5 nitrogen and oxygen atoms in total. The van der Waals surface area contributed by atoms with Crippen LogP contribution in [-0.2, 0) is 0 Å². The van der Waals surface area contributed by atoms with Crippen molar-refractivity contribution < 1.29 is 9.47 Å². The summed E-state index contributed by atoms with van der Waals surface area (Å²) in [6.07, 6.45) is 0. The van der Waals surface area contributed by atoms with E-state index in [9.17, 15) is 0 Å². The van der Waals surface area contributed by atoms with Crippen LogP contribution >= 0.6 is 11.3 Å². The van der Waals surface area contributed by atoms with Crippen LogP contribution in [0, 0.1) is 0 Å². The summed E-state index contributed by atoms with van der Waals surface area (Å²) in [5.74, 6) is 1.50. The highest BCUT2D eigenvalue weighted by atomic mass is 32.1. The normalized spacial score (nSPS) is 13.1. The summed E-state index contributed by atoms with van der Waals surface area (Å²) in [5, 5.41) is 8.96. The molecule has 0 amide bonds. The lowest BCUT2D eigenvalue weighted by Crippen LogP contribution is -1.92. The van der Waals surface area contributed by atoms with Crippen molar-refractivity contribution >= 4 is 16.5 Å². The van der Waals surface area contributed by atoms with Crippen LogP contribution in [0.1, 0.15) is 0 Å². The Kier molecular flexibility index (Phi) is 1.75. The molecule has 1 aliphatic rings. The number of aromatic nitrogens is 2. The molecule has 0 atom stereocenters. The van der Waals surface area contributed by atoms with Gasteiger partial charge in [0.2, 0.25) is 11.9 Å². The van der Waals surface area contributed by atoms with Gasteiger partial charge in [-0.25, -0.2) is 0 Å². The van der Waals surface area contributed by atoms with E-state index in [1.165, 1.54) is 11.3 Å². The second-order valence-corrected chi connectivity index (χ2v) is 4.02. The van der Waals surface area contributed by atoms with E-state index in [1.54, 1.807) is 0 Å². The number of nitrogens with two attached hydrogens (primary N) is 1. The zero-order chi connectivity index (χ0) is 10.3. The first-order valence-corrected chi connectivity index (χ1v) is 5.13. The Morgan fingerprint density at radius 1 is 1.20 bits per heavy atom. The summed E-state index contributed by atoms with van der Waals surface area (Å²) in [6.45, 7) is 0.275. The van der Waals surface area contributed by atoms with E-state index in [-0.39, 0.29) is 6.79 Å². The topological polar surface area (TPSA) is 70.3 Å². The lowest BCUT2D eigenvalue weighted by molar-refractivity contribution is 0.174. The number of rotatable bonds is 1. The molecule has 0 spiro atoms. The SMILES string of the molecule is Nc1nnc(-c2ccc3c(c2)OCO3)s1. The van der Waals surface area contributed by atoms with Gasteiger partial charge in [0.05, 0.1) is 0 Å². The summed E-state index contributed by atoms with van der Waals surface area (Å²) < 4.78 is 10.5. The van der Waals surface area contributed by atoms with Crippen molar-refractivity contribution in [1.29, 1.82) is 0 Å². The molecule has 0 fully saturated rings. The molecule has 0 saturated carbocycles. The van der Waals surface area contributed by atoms with Gasteiger partial charge >= 0.3 is 0 Å². The summed E-state index contributed by atoms with van der Waals surface area (Å²) in [4.78, 5) is 0. The molecule has 2 N–H and O–H groups in total. The van der Waals surface area contributed by atoms with Gasteiger partial charge in [-0.3, -0.25) is 0 Å². The van der Waals surface area contributed by atoms with E-state index in [1.807, 2.05) is 18.2 Å². The van der Waals surface area contributed by atoms with Crippen molar-refractivity contribution in [2.75, 3.05) is 12.5 Å². The highest BCUT2D eigenvalue weighted by Crippen LogP contribution is 2.36. The van der Waals surface area contributed by atoms with Crippen LogP contribution in [0.15, 0.2) is 18.2 Å². The monoisotopic (exact) mass is 221 g/mol. The lowest BCUT2D eigenvalue weighted by Gasteiger charge is -1.97. The number of anilines is 1. The van der Waals surface area contributed by atoms with E-state index < -0.39 is 0 Å². The van der Waals surface area contributed by atoms with Crippen LogP contribution in [0.25, 0.3) is 10.6 Å². The third-order valence-electron chi connectivity index (χ3n) is 2.06. The Bertz CT molecular complexity index is 512. The second-order valence-electron chi connectivity index (χ2n) is 3.01. The fourth-order valence-electron chi connectivity index (χ4n) is 1.38. The Morgan fingerprint density at radius 3 is 2.87 bits per heavy atom. The highest BCUT2D eigenvalue weighted by molar-refractivity contribution is 7.18. The van der Waals surface area contributed by atoms with Crippen LogP contribution in [0.5, 0.6) is 11.5 Å². The van der Waals surface area contributed by atoms with Gasteiger partial charge < -0.3 is 15.2 Å². The molecular formula is C9H7N3O2S. The first-order chi connectivity index (χ1) is 7.33. The molecule has 1 aliphatic heterocycles. The van der Waals surface area contributed by atoms with Gasteiger partial charge in [-0.05, 0) is 18.2 Å². The number of benzene rings is 1. The summed E-state index contributed by atoms with van der Waals surface area (Å²) in [7, 11) is 0. The van der Waals surface area contributed by atoms with E-state index in [2.05, 4.69) is 10.2 Å².